The topological polar surface area (TPSA) is 12.0 Å². The van der Waals surface area contributed by atoms with Gasteiger partial charge in [-0.15, -0.1) is 11.8 Å². The maximum atomic E-state index is 3.75. The molecule has 1 aliphatic heterocycles. The van der Waals surface area contributed by atoms with Crippen molar-refractivity contribution < 1.29 is 0 Å². The van der Waals surface area contributed by atoms with Crippen LogP contribution >= 0.6 is 11.8 Å². The Hall–Kier alpha value is -0.470. The third kappa shape index (κ3) is 3.84. The van der Waals surface area contributed by atoms with Crippen molar-refractivity contribution in [3.05, 3.63) is 29.8 Å². The normalized spacial score (nSPS) is 23.7. The van der Waals surface area contributed by atoms with E-state index in [9.17, 15) is 0 Å². The molecule has 1 aliphatic carbocycles. The number of benzene rings is 1. The summed E-state index contributed by atoms with van der Waals surface area (Å²) < 4.78 is 0. The van der Waals surface area contributed by atoms with E-state index in [-0.39, 0.29) is 0 Å². The fraction of sp³-hybridized carbons (Fsp3) is 0.684. The van der Waals surface area contributed by atoms with E-state index in [0.29, 0.717) is 5.41 Å². The summed E-state index contributed by atoms with van der Waals surface area (Å²) >= 11 is 2.13. The van der Waals surface area contributed by atoms with E-state index in [1.807, 2.05) is 0 Å². The molecule has 3 rings (SSSR count). The molecule has 0 spiro atoms. The molecule has 1 aromatic carbocycles. The Labute approximate surface area is 134 Å². The summed E-state index contributed by atoms with van der Waals surface area (Å²) in [5.41, 5.74) is 2.16. The maximum Gasteiger partial charge on any atom is 0.0141 e. The highest BCUT2D eigenvalue weighted by atomic mass is 32.2. The van der Waals surface area contributed by atoms with E-state index in [0.717, 1.165) is 11.2 Å². The second-order valence-corrected chi connectivity index (χ2v) is 8.83. The van der Waals surface area contributed by atoms with Gasteiger partial charge in [-0.1, -0.05) is 44.9 Å². The Bertz CT molecular complexity index is 437. The molecule has 1 N–H and O–H groups in total. The van der Waals surface area contributed by atoms with Crippen LogP contribution in [0.25, 0.3) is 0 Å². The zero-order valence-corrected chi connectivity index (χ0v) is 14.3. The summed E-state index contributed by atoms with van der Waals surface area (Å²) in [6.07, 6.45) is 8.43. The molecule has 1 nitrogen and oxygen atoms in total. The summed E-state index contributed by atoms with van der Waals surface area (Å²) in [4.78, 5) is 1.53. The first-order valence-electron chi connectivity index (χ1n) is 8.62. The van der Waals surface area contributed by atoms with Gasteiger partial charge in [-0.05, 0) is 55.2 Å². The highest BCUT2D eigenvalue weighted by molar-refractivity contribution is 8.00. The molecule has 0 amide bonds. The summed E-state index contributed by atoms with van der Waals surface area (Å²) in [6.45, 7) is 7.01. The number of thioether (sulfide) groups is 1. The molecule has 1 saturated carbocycles. The predicted molar refractivity (Wildman–Crippen MR) is 93.0 cm³/mol. The molecular weight excluding hydrogens is 274 g/mol. The fourth-order valence-corrected chi connectivity index (χ4v) is 5.57. The second-order valence-electron chi connectivity index (χ2n) is 7.49. The molecule has 1 fully saturated rings. The Kier molecular flexibility index (Phi) is 4.96. The van der Waals surface area contributed by atoms with Gasteiger partial charge in [0.05, 0.1) is 0 Å². The average Bonchev–Trinajstić information content (AvgIpc) is 3.05. The van der Waals surface area contributed by atoms with Crippen molar-refractivity contribution in [1.29, 1.82) is 0 Å². The first-order chi connectivity index (χ1) is 10.2. The van der Waals surface area contributed by atoms with Crippen molar-refractivity contribution in [3.8, 4) is 0 Å². The number of rotatable bonds is 6. The van der Waals surface area contributed by atoms with Gasteiger partial charge in [-0.3, -0.25) is 0 Å². The number of nitrogens with one attached hydrogen (secondary N) is 1. The first-order valence-corrected chi connectivity index (χ1v) is 9.50. The lowest BCUT2D eigenvalue weighted by atomic mass is 9.80. The van der Waals surface area contributed by atoms with Crippen molar-refractivity contribution in [2.45, 2.75) is 62.5 Å². The molecule has 2 aliphatic rings. The Balaban J connectivity index is 1.59. The number of fused-ring (bicyclic) bond motifs is 1. The highest BCUT2D eigenvalue weighted by Gasteiger charge is 2.37. The van der Waals surface area contributed by atoms with Gasteiger partial charge in [-0.2, -0.15) is 0 Å². The van der Waals surface area contributed by atoms with Gasteiger partial charge in [0.15, 0.2) is 0 Å². The minimum Gasteiger partial charge on any atom is -0.316 e. The van der Waals surface area contributed by atoms with Crippen LogP contribution in [0.15, 0.2) is 29.2 Å². The van der Waals surface area contributed by atoms with Gasteiger partial charge in [-0.25, -0.2) is 0 Å². The summed E-state index contributed by atoms with van der Waals surface area (Å²) in [5, 5.41) is 4.56. The van der Waals surface area contributed by atoms with Crippen molar-refractivity contribution in [1.82, 2.24) is 5.32 Å². The van der Waals surface area contributed by atoms with Gasteiger partial charge in [0.1, 0.15) is 0 Å². The second kappa shape index (κ2) is 6.75. The third-order valence-electron chi connectivity index (χ3n) is 5.09. The van der Waals surface area contributed by atoms with E-state index in [2.05, 4.69) is 55.2 Å². The standard InChI is InChI=1S/C19H29NS/c1-15(2)13-20-14-19(9-5-6-10-19)12-17-11-16-7-3-4-8-18(16)21-17/h3-4,7-8,15,17,20H,5-6,9-14H2,1-2H3. The lowest BCUT2D eigenvalue weighted by molar-refractivity contribution is 0.251. The van der Waals surface area contributed by atoms with Crippen LogP contribution < -0.4 is 5.32 Å². The molecular formula is C19H29NS. The number of hydrogen-bond donors (Lipinski definition) is 1. The van der Waals surface area contributed by atoms with Gasteiger partial charge in [0, 0.05) is 16.7 Å². The summed E-state index contributed by atoms with van der Waals surface area (Å²) in [5.74, 6) is 0.758. The van der Waals surface area contributed by atoms with Crippen LogP contribution in [0.2, 0.25) is 0 Å². The molecule has 1 unspecified atom stereocenters. The third-order valence-corrected chi connectivity index (χ3v) is 6.41. The molecule has 2 heteroatoms. The Morgan fingerprint density at radius 3 is 2.71 bits per heavy atom. The average molecular weight is 304 g/mol. The first kappa shape index (κ1) is 15.4. The smallest absolute Gasteiger partial charge is 0.0141 e. The largest absolute Gasteiger partial charge is 0.316 e. The minimum atomic E-state index is 0.578. The molecule has 116 valence electrons. The summed E-state index contributed by atoms with van der Waals surface area (Å²) in [6, 6.07) is 9.00. The van der Waals surface area contributed by atoms with Gasteiger partial charge in [0.2, 0.25) is 0 Å². The SMILES string of the molecule is CC(C)CNCC1(CC2Cc3ccccc3S2)CCCC1. The van der Waals surface area contributed by atoms with Crippen LogP contribution in [0.4, 0.5) is 0 Å². The van der Waals surface area contributed by atoms with E-state index in [4.69, 9.17) is 0 Å². The van der Waals surface area contributed by atoms with E-state index in [1.54, 1.807) is 5.56 Å². The van der Waals surface area contributed by atoms with Gasteiger partial charge in [0.25, 0.3) is 0 Å². The van der Waals surface area contributed by atoms with E-state index >= 15 is 0 Å². The van der Waals surface area contributed by atoms with Crippen molar-refractivity contribution in [2.75, 3.05) is 13.1 Å². The van der Waals surface area contributed by atoms with Gasteiger partial charge >= 0.3 is 0 Å². The monoisotopic (exact) mass is 303 g/mol. The van der Waals surface area contributed by atoms with Crippen molar-refractivity contribution in [3.63, 3.8) is 0 Å². The van der Waals surface area contributed by atoms with Crippen LogP contribution in [0.5, 0.6) is 0 Å². The van der Waals surface area contributed by atoms with Crippen molar-refractivity contribution in [2.24, 2.45) is 11.3 Å². The van der Waals surface area contributed by atoms with Crippen molar-refractivity contribution >= 4 is 11.8 Å². The molecule has 0 bridgehead atoms. The zero-order chi connectivity index (χ0) is 14.7. The van der Waals surface area contributed by atoms with Crippen LogP contribution in [0.3, 0.4) is 0 Å². The lowest BCUT2D eigenvalue weighted by Gasteiger charge is -2.32. The molecule has 1 heterocycles. The maximum absolute atomic E-state index is 3.75. The molecule has 21 heavy (non-hydrogen) atoms. The highest BCUT2D eigenvalue weighted by Crippen LogP contribution is 2.48. The van der Waals surface area contributed by atoms with E-state index in [1.165, 1.54) is 56.5 Å². The van der Waals surface area contributed by atoms with Gasteiger partial charge < -0.3 is 5.32 Å². The zero-order valence-electron chi connectivity index (χ0n) is 13.5. The Morgan fingerprint density at radius 2 is 2.00 bits per heavy atom. The molecule has 1 atom stereocenters. The fourth-order valence-electron chi connectivity index (χ4n) is 4.05. The van der Waals surface area contributed by atoms with Crippen LogP contribution in [0, 0.1) is 11.3 Å². The van der Waals surface area contributed by atoms with Crippen LogP contribution in [-0.4, -0.2) is 18.3 Å². The summed E-state index contributed by atoms with van der Waals surface area (Å²) in [7, 11) is 0. The molecule has 0 aromatic heterocycles. The van der Waals surface area contributed by atoms with Crippen LogP contribution in [0.1, 0.15) is 51.5 Å². The van der Waals surface area contributed by atoms with Crippen LogP contribution in [-0.2, 0) is 6.42 Å². The predicted octanol–water partition coefficient (Wildman–Crippen LogP) is 4.90. The lowest BCUT2D eigenvalue weighted by Crippen LogP contribution is -2.36. The molecule has 0 saturated heterocycles. The van der Waals surface area contributed by atoms with E-state index < -0.39 is 0 Å². The minimum absolute atomic E-state index is 0.578. The molecule has 1 aromatic rings. The quantitative estimate of drug-likeness (QED) is 0.802. The number of hydrogen-bond acceptors (Lipinski definition) is 2. The molecule has 0 radical (unpaired) electrons. The Morgan fingerprint density at radius 1 is 1.24 bits per heavy atom.